The molecule has 0 bridgehead atoms. The predicted octanol–water partition coefficient (Wildman–Crippen LogP) is 2.12. The molecule has 0 spiro atoms. The zero-order chi connectivity index (χ0) is 28.6. The number of nitrogens with zero attached hydrogens (tertiary/aromatic N) is 4. The molecule has 38 heavy (non-hydrogen) atoms. The minimum absolute atomic E-state index is 0.00987. The minimum Gasteiger partial charge on any atom is -0.340 e. The monoisotopic (exact) mass is 552 g/mol. The molecule has 0 N–H and O–H groups in total. The van der Waals surface area contributed by atoms with Gasteiger partial charge in [0, 0.05) is 26.1 Å². The number of amides is 2. The van der Waals surface area contributed by atoms with E-state index in [0.29, 0.717) is 6.54 Å². The van der Waals surface area contributed by atoms with E-state index in [2.05, 4.69) is 9.94 Å². The van der Waals surface area contributed by atoms with Crippen LogP contribution >= 0.6 is 0 Å². The molecule has 1 aromatic heterocycles. The second-order valence-corrected chi connectivity index (χ2v) is 8.19. The third-order valence-corrected chi connectivity index (χ3v) is 5.71. The van der Waals surface area contributed by atoms with Crippen LogP contribution in [0.4, 0.5) is 30.7 Å². The van der Waals surface area contributed by atoms with Gasteiger partial charge in [-0.2, -0.15) is 26.3 Å². The molecule has 0 unspecified atom stereocenters. The number of aromatic nitrogens is 2. The lowest BCUT2D eigenvalue weighted by molar-refractivity contribution is -0.202. The third kappa shape index (κ3) is 5.94. The molecule has 1 aliphatic heterocycles. The summed E-state index contributed by atoms with van der Waals surface area (Å²) in [6.07, 6.45) is -11.6. The molecule has 9 nitrogen and oxygen atoms in total. The fourth-order valence-electron chi connectivity index (χ4n) is 3.75. The van der Waals surface area contributed by atoms with Crippen molar-refractivity contribution in [3.63, 3.8) is 0 Å². The maximum atomic E-state index is 14.5. The molecule has 1 fully saturated rings. The molecule has 3 rings (SSSR count). The van der Waals surface area contributed by atoms with E-state index >= 15 is 0 Å². The molecule has 2 aromatic rings. The number of piperazine rings is 1. The highest BCUT2D eigenvalue weighted by atomic mass is 19.4. The maximum Gasteiger partial charge on any atom is 0.493 e. The lowest BCUT2D eigenvalue weighted by Gasteiger charge is -2.33. The van der Waals surface area contributed by atoms with E-state index in [9.17, 15) is 49.9 Å². The lowest BCUT2D eigenvalue weighted by atomic mass is 10.0. The van der Waals surface area contributed by atoms with Gasteiger partial charge in [0.1, 0.15) is 17.9 Å². The number of carbonyl (C=O) groups excluding carboxylic acids is 3. The van der Waals surface area contributed by atoms with E-state index in [1.54, 1.807) is 6.92 Å². The molecule has 0 saturated carbocycles. The van der Waals surface area contributed by atoms with Crippen LogP contribution in [0.1, 0.15) is 39.7 Å². The Morgan fingerprint density at radius 2 is 1.74 bits per heavy atom. The van der Waals surface area contributed by atoms with Gasteiger partial charge in [-0.1, -0.05) is 6.07 Å². The van der Waals surface area contributed by atoms with Crippen molar-refractivity contribution in [3.05, 3.63) is 62.3 Å². The number of rotatable bonds is 5. The Kier molecular flexibility index (Phi) is 7.83. The van der Waals surface area contributed by atoms with Crippen molar-refractivity contribution in [2.75, 3.05) is 26.2 Å². The van der Waals surface area contributed by atoms with E-state index in [1.165, 1.54) is 4.90 Å². The molecule has 2 amide bonds. The Morgan fingerprint density at radius 1 is 1.08 bits per heavy atom. The van der Waals surface area contributed by atoms with Crippen LogP contribution in [0.3, 0.4) is 0 Å². The van der Waals surface area contributed by atoms with Crippen molar-refractivity contribution in [1.29, 1.82) is 0 Å². The normalized spacial score (nSPS) is 14.6. The van der Waals surface area contributed by atoms with Gasteiger partial charge in [0.2, 0.25) is 5.91 Å². The Labute approximate surface area is 209 Å². The van der Waals surface area contributed by atoms with Crippen molar-refractivity contribution in [3.8, 4) is 0 Å². The third-order valence-electron chi connectivity index (χ3n) is 5.71. The molecule has 0 aliphatic carbocycles. The van der Waals surface area contributed by atoms with Crippen LogP contribution in [0, 0.1) is 12.7 Å². The standard InChI is InChI=1S/C22H19F7N4O5/c1-3-31-6-7-32(10-16(31)34)18(35)13-8-12(4-5-14(13)23)9-15-11(2)17(21(24,25)26)19(36)33(30-15)38-20(37)22(27,28)29/h4-5,8H,3,6-7,9-10H2,1-2H3. The number of carbonyl (C=O) groups is 3. The van der Waals surface area contributed by atoms with E-state index in [4.69, 9.17) is 0 Å². The summed E-state index contributed by atoms with van der Waals surface area (Å²) < 4.78 is 92.9. The zero-order valence-corrected chi connectivity index (χ0v) is 19.7. The lowest BCUT2D eigenvalue weighted by Crippen LogP contribution is -2.52. The fourth-order valence-corrected chi connectivity index (χ4v) is 3.75. The summed E-state index contributed by atoms with van der Waals surface area (Å²) >= 11 is 0. The molecule has 16 heteroatoms. The largest absolute Gasteiger partial charge is 0.493 e. The summed E-state index contributed by atoms with van der Waals surface area (Å²) in [5.41, 5.74) is -6.01. The molecule has 1 saturated heterocycles. The van der Waals surface area contributed by atoms with Gasteiger partial charge >= 0.3 is 23.9 Å². The van der Waals surface area contributed by atoms with Gasteiger partial charge in [0.25, 0.3) is 5.91 Å². The maximum absolute atomic E-state index is 14.5. The van der Waals surface area contributed by atoms with Gasteiger partial charge in [0.15, 0.2) is 0 Å². The predicted molar refractivity (Wildman–Crippen MR) is 113 cm³/mol. The van der Waals surface area contributed by atoms with Crippen LogP contribution in [0.15, 0.2) is 23.0 Å². The topological polar surface area (TPSA) is 102 Å². The number of likely N-dealkylation sites (N-methyl/N-ethyl adjacent to an activating group) is 1. The van der Waals surface area contributed by atoms with Crippen molar-refractivity contribution in [2.45, 2.75) is 32.6 Å². The average Bonchev–Trinajstić information content (AvgIpc) is 2.81. The molecule has 0 radical (unpaired) electrons. The Bertz CT molecular complexity index is 1340. The molecule has 1 aromatic carbocycles. The minimum atomic E-state index is -5.64. The van der Waals surface area contributed by atoms with Crippen molar-refractivity contribution in [1.82, 2.24) is 19.7 Å². The number of hydrogen-bond acceptors (Lipinski definition) is 6. The Balaban J connectivity index is 2.00. The summed E-state index contributed by atoms with van der Waals surface area (Å²) in [5.74, 6) is -5.20. The zero-order valence-electron chi connectivity index (χ0n) is 19.7. The van der Waals surface area contributed by atoms with Gasteiger partial charge in [-0.3, -0.25) is 14.4 Å². The van der Waals surface area contributed by atoms with Gasteiger partial charge in [-0.25, -0.2) is 9.18 Å². The molecule has 0 atom stereocenters. The molecule has 2 heterocycles. The first-order chi connectivity index (χ1) is 17.5. The second kappa shape index (κ2) is 10.4. The summed E-state index contributed by atoms with van der Waals surface area (Å²) in [4.78, 5) is 53.9. The number of hydrogen-bond donors (Lipinski definition) is 0. The summed E-state index contributed by atoms with van der Waals surface area (Å²) in [5, 5.41) is 3.33. The highest BCUT2D eigenvalue weighted by Crippen LogP contribution is 2.30. The Morgan fingerprint density at radius 3 is 2.29 bits per heavy atom. The van der Waals surface area contributed by atoms with Crippen molar-refractivity contribution >= 4 is 17.8 Å². The molecular weight excluding hydrogens is 533 g/mol. The second-order valence-electron chi connectivity index (χ2n) is 8.19. The summed E-state index contributed by atoms with van der Waals surface area (Å²) in [7, 11) is 0. The first-order valence-corrected chi connectivity index (χ1v) is 10.9. The van der Waals surface area contributed by atoms with E-state index < -0.39 is 69.3 Å². The van der Waals surface area contributed by atoms with Crippen LogP contribution in [-0.4, -0.2) is 69.9 Å². The van der Waals surface area contributed by atoms with Crippen LogP contribution < -0.4 is 10.4 Å². The molecule has 206 valence electrons. The summed E-state index contributed by atoms with van der Waals surface area (Å²) in [6.45, 7) is 2.98. The first kappa shape index (κ1) is 28.6. The fraction of sp³-hybridized carbons (Fsp3) is 0.409. The number of benzene rings is 1. The van der Waals surface area contributed by atoms with Crippen LogP contribution in [0.2, 0.25) is 0 Å². The number of halogens is 7. The average molecular weight is 552 g/mol. The van der Waals surface area contributed by atoms with Gasteiger partial charge in [-0.05, 0) is 42.0 Å². The van der Waals surface area contributed by atoms with Crippen molar-refractivity contribution < 1.29 is 50.0 Å². The highest BCUT2D eigenvalue weighted by molar-refractivity contribution is 5.97. The van der Waals surface area contributed by atoms with Gasteiger partial charge < -0.3 is 14.6 Å². The van der Waals surface area contributed by atoms with Crippen molar-refractivity contribution in [2.24, 2.45) is 0 Å². The van der Waals surface area contributed by atoms with E-state index in [-0.39, 0.29) is 31.1 Å². The smallest absolute Gasteiger partial charge is 0.340 e. The van der Waals surface area contributed by atoms with E-state index in [1.807, 2.05) is 0 Å². The van der Waals surface area contributed by atoms with E-state index in [0.717, 1.165) is 30.0 Å². The highest BCUT2D eigenvalue weighted by Gasteiger charge is 2.44. The Hall–Kier alpha value is -3.98. The molecule has 1 aliphatic rings. The molecular formula is C22H19F7N4O5. The summed E-state index contributed by atoms with van der Waals surface area (Å²) in [6, 6.07) is 2.91. The first-order valence-electron chi connectivity index (χ1n) is 10.9. The van der Waals surface area contributed by atoms with Crippen LogP contribution in [0.25, 0.3) is 0 Å². The van der Waals surface area contributed by atoms with Gasteiger partial charge in [-0.15, -0.1) is 5.10 Å². The quantitative estimate of drug-likeness (QED) is 0.527. The van der Waals surface area contributed by atoms with Gasteiger partial charge in [0.05, 0.1) is 11.3 Å². The number of alkyl halides is 6. The van der Waals surface area contributed by atoms with Crippen LogP contribution in [0.5, 0.6) is 0 Å². The van der Waals surface area contributed by atoms with Crippen LogP contribution in [-0.2, 0) is 22.2 Å². The SMILES string of the molecule is CCN1CCN(C(=O)c2cc(Cc3nn(OC(=O)C(F)(F)F)c(=O)c(C(F)(F)F)c3C)ccc2F)CC1=O.